The predicted octanol–water partition coefficient (Wildman–Crippen LogP) is 4.29. The lowest BCUT2D eigenvalue weighted by Gasteiger charge is -2.34. The van der Waals surface area contributed by atoms with Gasteiger partial charge in [-0.1, -0.05) is 66.7 Å². The zero-order valence-corrected chi connectivity index (χ0v) is 17.6. The molecule has 0 radical (unpaired) electrons. The molecule has 5 heteroatoms. The summed E-state index contributed by atoms with van der Waals surface area (Å²) in [4.78, 5) is 0.765. The Bertz CT molecular complexity index is 1010. The molecule has 0 saturated heterocycles. The summed E-state index contributed by atoms with van der Waals surface area (Å²) in [5.41, 5.74) is 4.69. The van der Waals surface area contributed by atoms with Gasteiger partial charge in [0, 0.05) is 12.0 Å². The van der Waals surface area contributed by atoms with Gasteiger partial charge in [-0.25, -0.2) is 0 Å². The molecule has 5 rings (SSSR count). The number of fused-ring (bicyclic) bond motifs is 2. The zero-order chi connectivity index (χ0) is 20.3. The number of rotatable bonds is 4. The van der Waals surface area contributed by atoms with Crippen LogP contribution in [0.25, 0.3) is 0 Å². The molecule has 0 saturated carbocycles. The molecule has 2 aliphatic rings. The minimum atomic E-state index is -1.35. The smallest absolute Gasteiger partial charge is 0.216 e. The van der Waals surface area contributed by atoms with Crippen molar-refractivity contribution in [1.82, 2.24) is 4.31 Å². The van der Waals surface area contributed by atoms with Crippen molar-refractivity contribution in [1.29, 1.82) is 0 Å². The maximum absolute atomic E-state index is 13.9. The molecule has 0 amide bonds. The fourth-order valence-electron chi connectivity index (χ4n) is 4.23. The first-order valence-corrected chi connectivity index (χ1v) is 11.5. The molecule has 0 spiro atoms. The number of hydrogen-bond donors (Lipinski definition) is 0. The van der Waals surface area contributed by atoms with Gasteiger partial charge in [-0.2, -0.15) is 0 Å². The Kier molecular flexibility index (Phi) is 5.77. The summed E-state index contributed by atoms with van der Waals surface area (Å²) in [5.74, 6) is 0.797. The first-order chi connectivity index (χ1) is 14.8. The first kappa shape index (κ1) is 19.6. The number of hydrogen-bond acceptors (Lipinski definition) is 4. The van der Waals surface area contributed by atoms with Crippen molar-refractivity contribution in [2.45, 2.75) is 36.9 Å². The van der Waals surface area contributed by atoms with Crippen LogP contribution in [-0.4, -0.2) is 28.1 Å². The third-order valence-electron chi connectivity index (χ3n) is 5.81. The van der Waals surface area contributed by atoms with Gasteiger partial charge in [-0.3, -0.25) is 0 Å². The molecule has 0 fully saturated rings. The molecule has 30 heavy (non-hydrogen) atoms. The van der Waals surface area contributed by atoms with Crippen LogP contribution in [0.15, 0.2) is 77.7 Å². The number of ether oxygens (including phenoxy) is 2. The molecule has 0 bridgehead atoms. The van der Waals surface area contributed by atoms with Gasteiger partial charge in [0.15, 0.2) is 5.75 Å². The van der Waals surface area contributed by atoms with Crippen molar-refractivity contribution in [3.05, 3.63) is 95.1 Å². The summed E-state index contributed by atoms with van der Waals surface area (Å²) >= 11 is -1.35. The van der Waals surface area contributed by atoms with Crippen molar-refractivity contribution in [2.75, 3.05) is 13.2 Å². The van der Waals surface area contributed by atoms with Gasteiger partial charge in [-0.15, -0.1) is 4.31 Å². The van der Waals surface area contributed by atoms with Crippen molar-refractivity contribution < 1.29 is 14.0 Å². The molecule has 0 aromatic heterocycles. The summed E-state index contributed by atoms with van der Waals surface area (Å²) in [5, 5.41) is 0. The van der Waals surface area contributed by atoms with Crippen molar-refractivity contribution in [3.63, 3.8) is 0 Å². The van der Waals surface area contributed by atoms with Gasteiger partial charge >= 0.3 is 0 Å². The lowest BCUT2D eigenvalue weighted by Crippen LogP contribution is -2.45. The third-order valence-corrected chi connectivity index (χ3v) is 7.36. The zero-order valence-electron chi connectivity index (χ0n) is 16.8. The molecule has 0 N–H and O–H groups in total. The molecule has 0 aliphatic carbocycles. The van der Waals surface area contributed by atoms with Crippen LogP contribution in [0.3, 0.4) is 0 Å². The lowest BCUT2D eigenvalue weighted by atomic mass is 10.0. The van der Waals surface area contributed by atoms with E-state index in [2.05, 4.69) is 34.6 Å². The Balaban J connectivity index is 1.52. The Morgan fingerprint density at radius 2 is 1.67 bits per heavy atom. The van der Waals surface area contributed by atoms with E-state index in [9.17, 15) is 4.55 Å². The van der Waals surface area contributed by atoms with E-state index in [0.29, 0.717) is 26.4 Å². The maximum atomic E-state index is 13.9. The Labute approximate surface area is 180 Å². The van der Waals surface area contributed by atoms with E-state index < -0.39 is 11.4 Å². The SMILES string of the molecule is [O-][S+](c1cccc2c1OCC2)N1Cc2ccccc2COCC1Cc1ccccc1. The number of benzene rings is 3. The van der Waals surface area contributed by atoms with Gasteiger partial charge in [-0.05, 0) is 29.2 Å². The minimum absolute atomic E-state index is 0.00107. The highest BCUT2D eigenvalue weighted by atomic mass is 32.2. The van der Waals surface area contributed by atoms with Gasteiger partial charge in [0.1, 0.15) is 0 Å². The van der Waals surface area contributed by atoms with E-state index in [-0.39, 0.29) is 6.04 Å². The lowest BCUT2D eigenvalue weighted by molar-refractivity contribution is 0.0673. The van der Waals surface area contributed by atoms with Crippen LogP contribution in [0.4, 0.5) is 0 Å². The van der Waals surface area contributed by atoms with Crippen LogP contribution in [0.1, 0.15) is 22.3 Å². The molecule has 154 valence electrons. The Morgan fingerprint density at radius 1 is 0.900 bits per heavy atom. The van der Waals surface area contributed by atoms with Gasteiger partial charge in [0.25, 0.3) is 0 Å². The van der Waals surface area contributed by atoms with E-state index in [0.717, 1.165) is 40.2 Å². The Morgan fingerprint density at radius 3 is 2.53 bits per heavy atom. The maximum Gasteiger partial charge on any atom is 0.216 e. The standard InChI is InChI=1S/C25H25NO3S/c27-30(24-12-6-11-20-13-14-29-25(20)24)26-16-21-9-4-5-10-22(21)17-28-18-23(26)15-19-7-2-1-3-8-19/h1-12,23H,13-18H2. The van der Waals surface area contributed by atoms with Gasteiger partial charge < -0.3 is 14.0 Å². The normalized spacial score (nSPS) is 19.8. The quantitative estimate of drug-likeness (QED) is 0.592. The van der Waals surface area contributed by atoms with Crippen LogP contribution in [0.5, 0.6) is 5.75 Å². The predicted molar refractivity (Wildman–Crippen MR) is 118 cm³/mol. The molecule has 2 atom stereocenters. The molecule has 2 aliphatic heterocycles. The first-order valence-electron chi connectivity index (χ1n) is 10.4. The second-order valence-corrected chi connectivity index (χ2v) is 9.20. The monoisotopic (exact) mass is 419 g/mol. The second-order valence-electron chi connectivity index (χ2n) is 7.79. The molecular weight excluding hydrogens is 394 g/mol. The summed E-state index contributed by atoms with van der Waals surface area (Å²) in [7, 11) is 0. The molecule has 2 unspecified atom stereocenters. The summed E-state index contributed by atoms with van der Waals surface area (Å²) in [6, 6.07) is 24.6. The number of nitrogens with zero attached hydrogens (tertiary/aromatic N) is 1. The van der Waals surface area contributed by atoms with Crippen LogP contribution in [0.2, 0.25) is 0 Å². The highest BCUT2D eigenvalue weighted by Gasteiger charge is 2.36. The number of para-hydroxylation sites is 1. The van der Waals surface area contributed by atoms with E-state index in [1.54, 1.807) is 0 Å². The van der Waals surface area contributed by atoms with E-state index in [1.165, 1.54) is 5.56 Å². The van der Waals surface area contributed by atoms with Crippen LogP contribution < -0.4 is 4.74 Å². The summed E-state index contributed by atoms with van der Waals surface area (Å²) < 4.78 is 28.0. The van der Waals surface area contributed by atoms with Gasteiger partial charge in [0.2, 0.25) is 4.90 Å². The molecule has 3 aromatic carbocycles. The largest absolute Gasteiger partial charge is 0.593 e. The highest BCUT2D eigenvalue weighted by molar-refractivity contribution is 7.89. The second kappa shape index (κ2) is 8.82. The minimum Gasteiger partial charge on any atom is -0.593 e. The van der Waals surface area contributed by atoms with Crippen LogP contribution >= 0.6 is 0 Å². The van der Waals surface area contributed by atoms with Crippen molar-refractivity contribution >= 4 is 11.4 Å². The van der Waals surface area contributed by atoms with Crippen molar-refractivity contribution in [2.24, 2.45) is 0 Å². The molecular formula is C25H25NO3S. The van der Waals surface area contributed by atoms with E-state index >= 15 is 0 Å². The average molecular weight is 420 g/mol. The van der Waals surface area contributed by atoms with E-state index in [4.69, 9.17) is 9.47 Å². The fraction of sp³-hybridized carbons (Fsp3) is 0.280. The topological polar surface area (TPSA) is 44.8 Å². The molecule has 4 nitrogen and oxygen atoms in total. The molecule has 2 heterocycles. The fourth-order valence-corrected chi connectivity index (χ4v) is 5.69. The third kappa shape index (κ3) is 3.98. The Hall–Kier alpha value is -2.31. The highest BCUT2D eigenvalue weighted by Crippen LogP contribution is 2.36. The summed E-state index contributed by atoms with van der Waals surface area (Å²) in [6.45, 7) is 2.40. The van der Waals surface area contributed by atoms with Gasteiger partial charge in [0.05, 0.1) is 43.8 Å². The average Bonchev–Trinajstić information content (AvgIpc) is 3.25. The van der Waals surface area contributed by atoms with Crippen LogP contribution in [-0.2, 0) is 42.1 Å². The van der Waals surface area contributed by atoms with Crippen LogP contribution in [0, 0.1) is 0 Å². The molecule has 3 aromatic rings. The summed E-state index contributed by atoms with van der Waals surface area (Å²) in [6.07, 6.45) is 1.66. The van der Waals surface area contributed by atoms with Crippen molar-refractivity contribution in [3.8, 4) is 5.75 Å². The van der Waals surface area contributed by atoms with E-state index in [1.807, 2.05) is 42.5 Å².